The van der Waals surface area contributed by atoms with Gasteiger partial charge in [-0.25, -0.2) is 4.39 Å². The molecule has 2 nitrogen and oxygen atoms in total. The maximum atomic E-state index is 14.0. The molecule has 0 unspecified atom stereocenters. The minimum Gasteiger partial charge on any atom is -0.369 e. The van der Waals surface area contributed by atoms with Gasteiger partial charge in [0.2, 0.25) is 0 Å². The molecule has 1 aromatic carbocycles. The second kappa shape index (κ2) is 5.05. The Morgan fingerprint density at radius 2 is 2.00 bits per heavy atom. The van der Waals surface area contributed by atoms with Gasteiger partial charge in [0.05, 0.1) is 5.69 Å². The first-order chi connectivity index (χ1) is 8.08. The molecule has 2 rings (SSSR count). The number of benzene rings is 1. The van der Waals surface area contributed by atoms with Crippen LogP contribution in [-0.4, -0.2) is 13.1 Å². The van der Waals surface area contributed by atoms with Crippen molar-refractivity contribution in [2.75, 3.05) is 18.0 Å². The zero-order valence-electron chi connectivity index (χ0n) is 10.6. The highest BCUT2D eigenvalue weighted by Crippen LogP contribution is 2.27. The van der Waals surface area contributed by atoms with Crippen LogP contribution in [0.1, 0.15) is 38.3 Å². The molecule has 1 saturated heterocycles. The number of piperidine rings is 1. The Morgan fingerprint density at radius 1 is 1.35 bits per heavy atom. The second-order valence-electron chi connectivity index (χ2n) is 5.17. The van der Waals surface area contributed by atoms with Crippen molar-refractivity contribution >= 4 is 5.69 Å². The third kappa shape index (κ3) is 2.78. The fraction of sp³-hybridized carbons (Fsp3) is 0.571. The number of rotatable bonds is 2. The first kappa shape index (κ1) is 12.4. The van der Waals surface area contributed by atoms with E-state index >= 15 is 0 Å². The van der Waals surface area contributed by atoms with Gasteiger partial charge in [-0.3, -0.25) is 0 Å². The summed E-state index contributed by atoms with van der Waals surface area (Å²) in [5, 5.41) is 0. The van der Waals surface area contributed by atoms with Crippen LogP contribution in [0.5, 0.6) is 0 Å². The third-order valence-corrected chi connectivity index (χ3v) is 3.62. The fourth-order valence-corrected chi connectivity index (χ4v) is 2.31. The predicted molar refractivity (Wildman–Crippen MR) is 69.6 cm³/mol. The van der Waals surface area contributed by atoms with Crippen molar-refractivity contribution in [3.63, 3.8) is 0 Å². The minimum atomic E-state index is -0.144. The molecule has 1 aliphatic heterocycles. The van der Waals surface area contributed by atoms with Crippen LogP contribution in [0.3, 0.4) is 0 Å². The minimum absolute atomic E-state index is 0.111. The molecular weight excluding hydrogens is 215 g/mol. The molecule has 17 heavy (non-hydrogen) atoms. The van der Waals surface area contributed by atoms with E-state index < -0.39 is 0 Å². The van der Waals surface area contributed by atoms with Crippen LogP contribution in [-0.2, 0) is 0 Å². The molecule has 1 aliphatic rings. The molecule has 1 fully saturated rings. The van der Waals surface area contributed by atoms with Gasteiger partial charge in [0.15, 0.2) is 0 Å². The van der Waals surface area contributed by atoms with Crippen LogP contribution in [0.2, 0.25) is 0 Å². The zero-order valence-corrected chi connectivity index (χ0v) is 10.6. The number of anilines is 1. The van der Waals surface area contributed by atoms with Gasteiger partial charge in [-0.1, -0.05) is 13.0 Å². The van der Waals surface area contributed by atoms with Gasteiger partial charge in [-0.15, -0.1) is 0 Å². The van der Waals surface area contributed by atoms with Crippen LogP contribution in [0.4, 0.5) is 10.1 Å². The number of nitrogens with zero attached hydrogens (tertiary/aromatic N) is 1. The first-order valence-electron chi connectivity index (χ1n) is 6.38. The SMILES string of the molecule is CC1CCN(c2ccc([C@H](C)N)cc2F)CC1. The van der Waals surface area contributed by atoms with E-state index in [9.17, 15) is 4.39 Å². The van der Waals surface area contributed by atoms with Crippen molar-refractivity contribution in [3.05, 3.63) is 29.6 Å². The Labute approximate surface area is 103 Å². The van der Waals surface area contributed by atoms with Crippen molar-refractivity contribution in [3.8, 4) is 0 Å². The molecule has 1 heterocycles. The van der Waals surface area contributed by atoms with Crippen LogP contribution in [0.15, 0.2) is 18.2 Å². The maximum absolute atomic E-state index is 14.0. The molecule has 3 heteroatoms. The summed E-state index contributed by atoms with van der Waals surface area (Å²) < 4.78 is 14.0. The molecule has 2 N–H and O–H groups in total. The predicted octanol–water partition coefficient (Wildman–Crippen LogP) is 3.08. The standard InChI is InChI=1S/C14H21FN2/c1-10-5-7-17(8-6-10)14-4-3-12(11(2)16)9-13(14)15/h3-4,9-11H,5-8,16H2,1-2H3/t11-/m0/s1. The summed E-state index contributed by atoms with van der Waals surface area (Å²) in [6, 6.07) is 5.25. The normalized spacial score (nSPS) is 19.4. The smallest absolute Gasteiger partial charge is 0.146 e. The van der Waals surface area contributed by atoms with Crippen LogP contribution >= 0.6 is 0 Å². The Morgan fingerprint density at radius 3 is 2.53 bits per heavy atom. The highest BCUT2D eigenvalue weighted by atomic mass is 19.1. The van der Waals surface area contributed by atoms with E-state index in [0.29, 0.717) is 0 Å². The third-order valence-electron chi connectivity index (χ3n) is 3.62. The van der Waals surface area contributed by atoms with Gasteiger partial charge in [0.25, 0.3) is 0 Å². The van der Waals surface area contributed by atoms with Crippen LogP contribution in [0.25, 0.3) is 0 Å². The highest BCUT2D eigenvalue weighted by molar-refractivity contribution is 5.49. The number of halogens is 1. The van der Waals surface area contributed by atoms with Crippen molar-refractivity contribution in [2.45, 2.75) is 32.7 Å². The van der Waals surface area contributed by atoms with Crippen LogP contribution < -0.4 is 10.6 Å². The molecule has 1 atom stereocenters. The van der Waals surface area contributed by atoms with E-state index in [1.54, 1.807) is 6.07 Å². The molecule has 0 aliphatic carbocycles. The number of nitrogens with two attached hydrogens (primary N) is 1. The van der Waals surface area contributed by atoms with E-state index in [1.165, 1.54) is 0 Å². The molecule has 0 spiro atoms. The number of hydrogen-bond donors (Lipinski definition) is 1. The molecule has 94 valence electrons. The maximum Gasteiger partial charge on any atom is 0.146 e. The molecule has 0 amide bonds. The average molecular weight is 236 g/mol. The van der Waals surface area contributed by atoms with Gasteiger partial charge in [0.1, 0.15) is 5.82 Å². The Bertz CT molecular complexity index is 382. The van der Waals surface area contributed by atoms with Crippen molar-refractivity contribution in [2.24, 2.45) is 11.7 Å². The lowest BCUT2D eigenvalue weighted by molar-refractivity contribution is 0.434. The van der Waals surface area contributed by atoms with Gasteiger partial charge < -0.3 is 10.6 Å². The van der Waals surface area contributed by atoms with Gasteiger partial charge in [-0.05, 0) is 43.4 Å². The van der Waals surface area contributed by atoms with Crippen molar-refractivity contribution in [1.29, 1.82) is 0 Å². The van der Waals surface area contributed by atoms with E-state index in [-0.39, 0.29) is 11.9 Å². The fourth-order valence-electron chi connectivity index (χ4n) is 2.31. The average Bonchev–Trinajstić information content (AvgIpc) is 2.30. The Kier molecular flexibility index (Phi) is 3.67. The first-order valence-corrected chi connectivity index (χ1v) is 6.38. The zero-order chi connectivity index (χ0) is 12.4. The van der Waals surface area contributed by atoms with Crippen molar-refractivity contribution < 1.29 is 4.39 Å². The highest BCUT2D eigenvalue weighted by Gasteiger charge is 2.18. The molecule has 0 radical (unpaired) electrons. The summed E-state index contributed by atoms with van der Waals surface area (Å²) >= 11 is 0. The van der Waals surface area contributed by atoms with E-state index in [0.717, 1.165) is 43.1 Å². The summed E-state index contributed by atoms with van der Waals surface area (Å²) in [5.41, 5.74) is 7.33. The lowest BCUT2D eigenvalue weighted by Gasteiger charge is -2.32. The van der Waals surface area contributed by atoms with E-state index in [1.807, 2.05) is 19.1 Å². The summed E-state index contributed by atoms with van der Waals surface area (Å²) in [6.45, 7) is 6.04. The Hall–Kier alpha value is -1.09. The van der Waals surface area contributed by atoms with Crippen LogP contribution in [0, 0.1) is 11.7 Å². The van der Waals surface area contributed by atoms with E-state index in [4.69, 9.17) is 5.73 Å². The van der Waals surface area contributed by atoms with Gasteiger partial charge >= 0.3 is 0 Å². The molecule has 0 saturated carbocycles. The summed E-state index contributed by atoms with van der Waals surface area (Å²) in [6.07, 6.45) is 2.29. The quantitative estimate of drug-likeness (QED) is 0.855. The molecule has 0 bridgehead atoms. The summed E-state index contributed by atoms with van der Waals surface area (Å²) in [4.78, 5) is 2.14. The largest absolute Gasteiger partial charge is 0.369 e. The monoisotopic (exact) mass is 236 g/mol. The van der Waals surface area contributed by atoms with E-state index in [2.05, 4.69) is 11.8 Å². The van der Waals surface area contributed by atoms with Crippen molar-refractivity contribution in [1.82, 2.24) is 0 Å². The summed E-state index contributed by atoms with van der Waals surface area (Å²) in [7, 11) is 0. The second-order valence-corrected chi connectivity index (χ2v) is 5.17. The van der Waals surface area contributed by atoms with Gasteiger partial charge in [-0.2, -0.15) is 0 Å². The molecule has 1 aromatic rings. The molecule has 0 aromatic heterocycles. The number of hydrogen-bond acceptors (Lipinski definition) is 2. The molecular formula is C14H21FN2. The Balaban J connectivity index is 2.16. The van der Waals surface area contributed by atoms with Gasteiger partial charge in [0, 0.05) is 19.1 Å². The lowest BCUT2D eigenvalue weighted by Crippen LogP contribution is -2.33. The topological polar surface area (TPSA) is 29.3 Å². The lowest BCUT2D eigenvalue weighted by atomic mass is 9.98. The summed E-state index contributed by atoms with van der Waals surface area (Å²) in [5.74, 6) is 0.618.